The number of ether oxygens (including phenoxy) is 1. The molecule has 0 amide bonds. The molecule has 1 aliphatic rings. The number of nitrogens with zero attached hydrogens (tertiary/aromatic N) is 1. The number of hydrogen-bond donors (Lipinski definition) is 1. The van der Waals surface area contributed by atoms with Crippen LogP contribution in [0.1, 0.15) is 26.2 Å². The van der Waals surface area contributed by atoms with Gasteiger partial charge in [-0.2, -0.15) is 5.26 Å². The van der Waals surface area contributed by atoms with E-state index in [4.69, 9.17) is 10.00 Å². The van der Waals surface area contributed by atoms with Crippen LogP contribution in [0.4, 0.5) is 0 Å². The Labute approximate surface area is 80.1 Å². The zero-order valence-corrected chi connectivity index (χ0v) is 8.25. The summed E-state index contributed by atoms with van der Waals surface area (Å²) in [5.74, 6) is 0.916. The molecule has 3 heteroatoms. The Morgan fingerprint density at radius 3 is 2.92 bits per heavy atom. The fraction of sp³-hybridized carbons (Fsp3) is 0.900. The molecule has 0 aromatic carbocycles. The van der Waals surface area contributed by atoms with Crippen molar-refractivity contribution >= 4 is 0 Å². The molecule has 1 aliphatic carbocycles. The maximum absolute atomic E-state index is 8.69. The van der Waals surface area contributed by atoms with Gasteiger partial charge < -0.3 is 10.1 Å². The number of nitriles is 1. The lowest BCUT2D eigenvalue weighted by Crippen LogP contribution is -2.31. The highest BCUT2D eigenvalue weighted by molar-refractivity contribution is 4.89. The van der Waals surface area contributed by atoms with Crippen LogP contribution in [0.15, 0.2) is 0 Å². The van der Waals surface area contributed by atoms with E-state index in [1.165, 1.54) is 19.3 Å². The second-order valence-corrected chi connectivity index (χ2v) is 3.55. The molecule has 0 saturated heterocycles. The Morgan fingerprint density at radius 2 is 2.38 bits per heavy atom. The smallest absolute Gasteiger partial charge is 0.119 e. The molecule has 1 atom stereocenters. The lowest BCUT2D eigenvalue weighted by atomic mass is 10.3. The summed E-state index contributed by atoms with van der Waals surface area (Å²) in [7, 11) is 0. The molecule has 0 aromatic heterocycles. The second-order valence-electron chi connectivity index (χ2n) is 3.55. The monoisotopic (exact) mass is 182 g/mol. The standard InChI is InChI=1S/C10H18N2O/c1-2-12-10(7-11)8-13-6-5-9-3-4-9/h9-10,12H,2-6,8H2,1H3. The highest BCUT2D eigenvalue weighted by Crippen LogP contribution is 2.31. The van der Waals surface area contributed by atoms with Gasteiger partial charge in [-0.15, -0.1) is 0 Å². The predicted octanol–water partition coefficient (Wildman–Crippen LogP) is 1.30. The van der Waals surface area contributed by atoms with Gasteiger partial charge in [0, 0.05) is 6.61 Å². The zero-order valence-electron chi connectivity index (χ0n) is 8.25. The first kappa shape index (κ1) is 10.5. The molecule has 0 bridgehead atoms. The normalized spacial score (nSPS) is 18.2. The first-order chi connectivity index (χ1) is 6.36. The van der Waals surface area contributed by atoms with Gasteiger partial charge in [0.15, 0.2) is 0 Å². The molecule has 1 unspecified atom stereocenters. The molecule has 1 rings (SSSR count). The van der Waals surface area contributed by atoms with E-state index >= 15 is 0 Å². The zero-order chi connectivity index (χ0) is 9.52. The van der Waals surface area contributed by atoms with Gasteiger partial charge in [0.2, 0.25) is 0 Å². The van der Waals surface area contributed by atoms with Crippen LogP contribution in [0.2, 0.25) is 0 Å². The van der Waals surface area contributed by atoms with Crippen molar-refractivity contribution in [3.63, 3.8) is 0 Å². The molecule has 0 spiro atoms. The van der Waals surface area contributed by atoms with Crippen molar-refractivity contribution in [2.45, 2.75) is 32.2 Å². The molecule has 0 aromatic rings. The van der Waals surface area contributed by atoms with Gasteiger partial charge >= 0.3 is 0 Å². The van der Waals surface area contributed by atoms with E-state index in [1.54, 1.807) is 0 Å². The molecule has 1 fully saturated rings. The number of rotatable bonds is 7. The van der Waals surface area contributed by atoms with E-state index in [9.17, 15) is 0 Å². The van der Waals surface area contributed by atoms with Gasteiger partial charge in [0.25, 0.3) is 0 Å². The Bertz CT molecular complexity index is 172. The number of hydrogen-bond acceptors (Lipinski definition) is 3. The van der Waals surface area contributed by atoms with Crippen molar-refractivity contribution in [2.75, 3.05) is 19.8 Å². The minimum absolute atomic E-state index is 0.135. The van der Waals surface area contributed by atoms with Gasteiger partial charge in [-0.25, -0.2) is 0 Å². The Kier molecular flexibility index (Phi) is 4.81. The van der Waals surface area contributed by atoms with Crippen molar-refractivity contribution in [1.82, 2.24) is 5.32 Å². The van der Waals surface area contributed by atoms with Gasteiger partial charge in [0.1, 0.15) is 6.04 Å². The minimum atomic E-state index is -0.135. The summed E-state index contributed by atoms with van der Waals surface area (Å²) in [5.41, 5.74) is 0. The van der Waals surface area contributed by atoms with Crippen molar-refractivity contribution in [3.05, 3.63) is 0 Å². The average molecular weight is 182 g/mol. The summed E-state index contributed by atoms with van der Waals surface area (Å²) in [6.45, 7) is 4.16. The van der Waals surface area contributed by atoms with E-state index in [0.29, 0.717) is 6.61 Å². The second kappa shape index (κ2) is 5.95. The van der Waals surface area contributed by atoms with Crippen molar-refractivity contribution in [2.24, 2.45) is 5.92 Å². The molecule has 1 N–H and O–H groups in total. The predicted molar refractivity (Wildman–Crippen MR) is 51.2 cm³/mol. The quantitative estimate of drug-likeness (QED) is 0.604. The van der Waals surface area contributed by atoms with E-state index in [0.717, 1.165) is 19.1 Å². The molecule has 13 heavy (non-hydrogen) atoms. The molecule has 1 saturated carbocycles. The topological polar surface area (TPSA) is 45.0 Å². The molecular formula is C10H18N2O. The van der Waals surface area contributed by atoms with Crippen LogP contribution in [-0.4, -0.2) is 25.8 Å². The lowest BCUT2D eigenvalue weighted by molar-refractivity contribution is 0.118. The van der Waals surface area contributed by atoms with Crippen LogP contribution in [0.5, 0.6) is 0 Å². The maximum atomic E-state index is 8.69. The first-order valence-electron chi connectivity index (χ1n) is 5.07. The average Bonchev–Trinajstić information content (AvgIpc) is 2.94. The summed E-state index contributed by atoms with van der Waals surface area (Å²) >= 11 is 0. The van der Waals surface area contributed by atoms with E-state index < -0.39 is 0 Å². The Hall–Kier alpha value is -0.590. The van der Waals surface area contributed by atoms with Gasteiger partial charge in [0.05, 0.1) is 12.7 Å². The Morgan fingerprint density at radius 1 is 1.62 bits per heavy atom. The molecule has 0 radical (unpaired) electrons. The van der Waals surface area contributed by atoms with Crippen LogP contribution < -0.4 is 5.32 Å². The van der Waals surface area contributed by atoms with Gasteiger partial charge in [-0.3, -0.25) is 0 Å². The lowest BCUT2D eigenvalue weighted by Gasteiger charge is -2.09. The first-order valence-corrected chi connectivity index (χ1v) is 5.07. The van der Waals surface area contributed by atoms with Crippen LogP contribution in [0, 0.1) is 17.2 Å². The number of likely N-dealkylation sites (N-methyl/N-ethyl adjacent to an activating group) is 1. The highest BCUT2D eigenvalue weighted by Gasteiger charge is 2.20. The summed E-state index contributed by atoms with van der Waals surface area (Å²) < 4.78 is 5.41. The van der Waals surface area contributed by atoms with E-state index in [2.05, 4.69) is 11.4 Å². The minimum Gasteiger partial charge on any atom is -0.379 e. The van der Waals surface area contributed by atoms with Crippen molar-refractivity contribution < 1.29 is 4.74 Å². The number of nitrogens with one attached hydrogen (secondary N) is 1. The highest BCUT2D eigenvalue weighted by atomic mass is 16.5. The fourth-order valence-electron chi connectivity index (χ4n) is 1.25. The largest absolute Gasteiger partial charge is 0.379 e. The van der Waals surface area contributed by atoms with Crippen molar-refractivity contribution in [1.29, 1.82) is 5.26 Å². The Balaban J connectivity index is 1.92. The van der Waals surface area contributed by atoms with E-state index in [1.807, 2.05) is 6.92 Å². The maximum Gasteiger partial charge on any atom is 0.119 e. The third-order valence-corrected chi connectivity index (χ3v) is 2.26. The fourth-order valence-corrected chi connectivity index (χ4v) is 1.25. The third-order valence-electron chi connectivity index (χ3n) is 2.26. The van der Waals surface area contributed by atoms with Crippen LogP contribution in [0.25, 0.3) is 0 Å². The third kappa shape index (κ3) is 4.87. The molecule has 0 aliphatic heterocycles. The summed E-state index contributed by atoms with van der Waals surface area (Å²) in [6.07, 6.45) is 3.92. The van der Waals surface area contributed by atoms with Gasteiger partial charge in [-0.05, 0) is 18.9 Å². The molecular weight excluding hydrogens is 164 g/mol. The summed E-state index contributed by atoms with van der Waals surface area (Å²) in [4.78, 5) is 0. The van der Waals surface area contributed by atoms with Crippen LogP contribution in [0.3, 0.4) is 0 Å². The molecule has 3 nitrogen and oxygen atoms in total. The molecule has 0 heterocycles. The summed E-state index contributed by atoms with van der Waals surface area (Å²) in [6, 6.07) is 2.04. The summed E-state index contributed by atoms with van der Waals surface area (Å²) in [5, 5.41) is 11.7. The SMILES string of the molecule is CCNC(C#N)COCCC1CC1. The van der Waals surface area contributed by atoms with E-state index in [-0.39, 0.29) is 6.04 Å². The molecule has 74 valence electrons. The van der Waals surface area contributed by atoms with Crippen LogP contribution in [-0.2, 0) is 4.74 Å². The van der Waals surface area contributed by atoms with Gasteiger partial charge in [-0.1, -0.05) is 19.8 Å². The van der Waals surface area contributed by atoms with Crippen LogP contribution >= 0.6 is 0 Å². The van der Waals surface area contributed by atoms with Crippen molar-refractivity contribution in [3.8, 4) is 6.07 Å².